The fourth-order valence-corrected chi connectivity index (χ4v) is 1.08. The van der Waals surface area contributed by atoms with E-state index in [9.17, 15) is 0 Å². The Labute approximate surface area is 99.3 Å². The number of rotatable bonds is 5. The van der Waals surface area contributed by atoms with E-state index in [1.807, 2.05) is 0 Å². The summed E-state index contributed by atoms with van der Waals surface area (Å²) >= 11 is 0. The van der Waals surface area contributed by atoms with Crippen LogP contribution in [0.5, 0.6) is 0 Å². The number of hydrogen-bond acceptors (Lipinski definition) is 2. The van der Waals surface area contributed by atoms with Gasteiger partial charge in [-0.3, -0.25) is 0 Å². The largest absolute Gasteiger partial charge is 0.394 e. The van der Waals surface area contributed by atoms with Gasteiger partial charge >= 0.3 is 0 Å². The second kappa shape index (κ2) is 10.7. The predicted octanol–water partition coefficient (Wildman–Crippen LogP) is 3.10. The first-order valence-corrected chi connectivity index (χ1v) is 5.93. The maximum Gasteiger partial charge on any atom is 0.0697 e. The third-order valence-electron chi connectivity index (χ3n) is 2.30. The highest BCUT2D eigenvalue weighted by Gasteiger charge is 1.84. The maximum absolute atomic E-state index is 8.24. The van der Waals surface area contributed by atoms with Gasteiger partial charge in [-0.2, -0.15) is 0 Å². The van der Waals surface area contributed by atoms with Crippen LogP contribution in [-0.2, 0) is 4.74 Å². The molecule has 2 nitrogen and oxygen atoms in total. The predicted molar refractivity (Wildman–Crippen MR) is 68.7 cm³/mol. The van der Waals surface area contributed by atoms with E-state index in [1.165, 1.54) is 11.1 Å². The molecule has 0 spiro atoms. The summed E-state index contributed by atoms with van der Waals surface area (Å²) in [6.07, 6.45) is 2.26. The molecule has 1 aromatic rings. The molecule has 0 amide bonds. The van der Waals surface area contributed by atoms with E-state index in [4.69, 9.17) is 9.84 Å². The van der Waals surface area contributed by atoms with E-state index < -0.39 is 0 Å². The topological polar surface area (TPSA) is 29.5 Å². The molecule has 0 unspecified atom stereocenters. The second-order valence-corrected chi connectivity index (χ2v) is 3.77. The molecular formula is C14H24O2. The Hall–Kier alpha value is -0.860. The lowest BCUT2D eigenvalue weighted by molar-refractivity contribution is 0.0904. The van der Waals surface area contributed by atoms with Crippen molar-refractivity contribution in [2.45, 2.75) is 33.6 Å². The van der Waals surface area contributed by atoms with Crippen LogP contribution in [0.4, 0.5) is 0 Å². The number of ether oxygens (including phenoxy) is 1. The van der Waals surface area contributed by atoms with Crippen LogP contribution in [0.2, 0.25) is 0 Å². The van der Waals surface area contributed by atoms with Crippen LogP contribution < -0.4 is 0 Å². The van der Waals surface area contributed by atoms with Crippen LogP contribution in [0, 0.1) is 13.8 Å². The summed E-state index contributed by atoms with van der Waals surface area (Å²) in [4.78, 5) is 0. The minimum atomic E-state index is 0.143. The van der Waals surface area contributed by atoms with Gasteiger partial charge in [-0.15, -0.1) is 0 Å². The molecule has 0 bridgehead atoms. The van der Waals surface area contributed by atoms with Crippen LogP contribution in [0.25, 0.3) is 0 Å². The second-order valence-electron chi connectivity index (χ2n) is 3.77. The lowest BCUT2D eigenvalue weighted by Gasteiger charge is -1.97. The smallest absolute Gasteiger partial charge is 0.0697 e. The molecule has 2 heteroatoms. The number of benzene rings is 1. The van der Waals surface area contributed by atoms with Crippen LogP contribution in [0.15, 0.2) is 24.3 Å². The van der Waals surface area contributed by atoms with Gasteiger partial charge < -0.3 is 9.84 Å². The number of aryl methyl sites for hydroxylation is 2. The van der Waals surface area contributed by atoms with Crippen molar-refractivity contribution >= 4 is 0 Å². The van der Waals surface area contributed by atoms with Crippen molar-refractivity contribution in [2.75, 3.05) is 19.8 Å². The number of hydrogen-bond donors (Lipinski definition) is 1. The standard InChI is InChI=1S/C8H10.C6H14O2/c1-7-5-3-4-6-8(7)2;1-2-3-5-8-6-4-7/h3-6H,1-2H3;7H,2-6H2,1H3. The fraction of sp³-hybridized carbons (Fsp3) is 0.571. The Morgan fingerprint density at radius 3 is 2.00 bits per heavy atom. The zero-order valence-electron chi connectivity index (χ0n) is 10.7. The summed E-state index contributed by atoms with van der Waals surface area (Å²) in [7, 11) is 0. The Kier molecular flexibility index (Phi) is 10.1. The Morgan fingerprint density at radius 2 is 1.62 bits per heavy atom. The van der Waals surface area contributed by atoms with Crippen molar-refractivity contribution in [3.63, 3.8) is 0 Å². The third-order valence-corrected chi connectivity index (χ3v) is 2.30. The lowest BCUT2D eigenvalue weighted by Crippen LogP contribution is -1.99. The van der Waals surface area contributed by atoms with Gasteiger partial charge in [0.05, 0.1) is 13.2 Å². The van der Waals surface area contributed by atoms with Crippen molar-refractivity contribution in [3.05, 3.63) is 35.4 Å². The molecule has 0 aliphatic heterocycles. The van der Waals surface area contributed by atoms with Gasteiger partial charge in [-0.25, -0.2) is 0 Å². The van der Waals surface area contributed by atoms with E-state index in [0.29, 0.717) is 6.61 Å². The summed E-state index contributed by atoms with van der Waals surface area (Å²) in [6.45, 7) is 7.77. The zero-order chi connectivity index (χ0) is 12.2. The highest BCUT2D eigenvalue weighted by Crippen LogP contribution is 2.02. The Bertz CT molecular complexity index is 232. The van der Waals surface area contributed by atoms with Crippen molar-refractivity contribution < 1.29 is 9.84 Å². The van der Waals surface area contributed by atoms with Crippen molar-refractivity contribution in [2.24, 2.45) is 0 Å². The third kappa shape index (κ3) is 8.45. The van der Waals surface area contributed by atoms with Gasteiger partial charge in [-0.1, -0.05) is 37.6 Å². The van der Waals surface area contributed by atoms with Crippen LogP contribution >= 0.6 is 0 Å². The normalized spacial score (nSPS) is 9.50. The van der Waals surface area contributed by atoms with Gasteiger partial charge in [0.2, 0.25) is 0 Å². The molecule has 0 radical (unpaired) electrons. The van der Waals surface area contributed by atoms with Crippen molar-refractivity contribution in [1.29, 1.82) is 0 Å². The van der Waals surface area contributed by atoms with Crippen molar-refractivity contribution in [3.8, 4) is 0 Å². The molecule has 1 rings (SSSR count). The molecule has 1 aromatic carbocycles. The summed E-state index contributed by atoms with van der Waals surface area (Å²) in [5, 5.41) is 8.24. The number of unbranched alkanes of at least 4 members (excludes halogenated alkanes) is 1. The van der Waals surface area contributed by atoms with Gasteiger partial charge in [0.15, 0.2) is 0 Å². The molecule has 0 aliphatic carbocycles. The quantitative estimate of drug-likeness (QED) is 0.779. The van der Waals surface area contributed by atoms with Crippen LogP contribution in [-0.4, -0.2) is 24.9 Å². The Morgan fingerprint density at radius 1 is 1.06 bits per heavy atom. The number of aliphatic hydroxyl groups excluding tert-OH is 1. The van der Waals surface area contributed by atoms with Gasteiger partial charge in [0.25, 0.3) is 0 Å². The molecule has 0 saturated carbocycles. The average molecular weight is 224 g/mol. The molecule has 1 N–H and O–H groups in total. The molecule has 0 heterocycles. The average Bonchev–Trinajstić information content (AvgIpc) is 2.30. The fourth-order valence-electron chi connectivity index (χ4n) is 1.08. The van der Waals surface area contributed by atoms with E-state index in [1.54, 1.807) is 0 Å². The van der Waals surface area contributed by atoms with Crippen LogP contribution in [0.1, 0.15) is 30.9 Å². The SMILES string of the molecule is CCCCOCCO.Cc1ccccc1C. The maximum atomic E-state index is 8.24. The van der Waals surface area contributed by atoms with Crippen LogP contribution in [0.3, 0.4) is 0 Å². The molecule has 0 saturated heterocycles. The summed E-state index contributed by atoms with van der Waals surface area (Å²) in [5.74, 6) is 0. The van der Waals surface area contributed by atoms with E-state index in [2.05, 4.69) is 45.0 Å². The highest BCUT2D eigenvalue weighted by molar-refractivity contribution is 5.23. The van der Waals surface area contributed by atoms with Gasteiger partial charge in [-0.05, 0) is 31.4 Å². The summed E-state index contributed by atoms with van der Waals surface area (Å²) in [6, 6.07) is 8.36. The molecule has 0 atom stereocenters. The lowest BCUT2D eigenvalue weighted by atomic mass is 10.1. The van der Waals surface area contributed by atoms with E-state index >= 15 is 0 Å². The molecule has 16 heavy (non-hydrogen) atoms. The molecule has 0 aromatic heterocycles. The molecular weight excluding hydrogens is 200 g/mol. The monoisotopic (exact) mass is 224 g/mol. The number of aliphatic hydroxyl groups is 1. The highest BCUT2D eigenvalue weighted by atomic mass is 16.5. The summed E-state index contributed by atoms with van der Waals surface area (Å²) in [5.41, 5.74) is 2.74. The first-order chi connectivity index (χ1) is 7.72. The minimum absolute atomic E-state index is 0.143. The van der Waals surface area contributed by atoms with E-state index in [-0.39, 0.29) is 6.61 Å². The Balaban J connectivity index is 0.000000281. The van der Waals surface area contributed by atoms with Crippen molar-refractivity contribution in [1.82, 2.24) is 0 Å². The van der Waals surface area contributed by atoms with Gasteiger partial charge in [0.1, 0.15) is 0 Å². The molecule has 0 aliphatic rings. The first kappa shape index (κ1) is 15.1. The molecule has 0 fully saturated rings. The molecule has 92 valence electrons. The van der Waals surface area contributed by atoms with E-state index in [0.717, 1.165) is 19.4 Å². The first-order valence-electron chi connectivity index (χ1n) is 5.93. The van der Waals surface area contributed by atoms with Gasteiger partial charge in [0, 0.05) is 6.61 Å². The summed E-state index contributed by atoms with van der Waals surface area (Å²) < 4.78 is 4.97. The minimum Gasteiger partial charge on any atom is -0.394 e. The zero-order valence-corrected chi connectivity index (χ0v) is 10.7.